The van der Waals surface area contributed by atoms with Gasteiger partial charge in [0.1, 0.15) is 0 Å². The average molecular weight is 256 g/mol. The second-order valence-corrected chi connectivity index (χ2v) is 6.60. The van der Waals surface area contributed by atoms with E-state index in [1.807, 2.05) is 0 Å². The molecule has 0 spiro atoms. The van der Waals surface area contributed by atoms with Crippen molar-refractivity contribution in [3.05, 3.63) is 0 Å². The van der Waals surface area contributed by atoms with Gasteiger partial charge in [-0.05, 0) is 12.8 Å². The summed E-state index contributed by atoms with van der Waals surface area (Å²) < 4.78 is 22.2. The molecule has 2 unspecified atom stereocenters. The largest absolute Gasteiger partial charge is 0.395 e. The first-order valence-corrected chi connectivity index (χ1v) is 8.10. The van der Waals surface area contributed by atoms with Crippen molar-refractivity contribution < 1.29 is 18.6 Å². The Labute approximate surface area is 96.0 Å². The Hall–Kier alpha value is 0.220. The van der Waals surface area contributed by atoms with Crippen LogP contribution in [0.25, 0.3) is 0 Å². The van der Waals surface area contributed by atoms with Gasteiger partial charge < -0.3 is 10.2 Å². The van der Waals surface area contributed by atoms with E-state index >= 15 is 0 Å². The molecule has 15 heavy (non-hydrogen) atoms. The average Bonchev–Trinajstić information content (AvgIpc) is 2.18. The zero-order valence-corrected chi connectivity index (χ0v) is 10.5. The quantitative estimate of drug-likeness (QED) is 0.523. The van der Waals surface area contributed by atoms with Crippen LogP contribution in [0.5, 0.6) is 0 Å². The van der Waals surface area contributed by atoms with Crippen LogP contribution in [0.2, 0.25) is 0 Å². The summed E-state index contributed by atoms with van der Waals surface area (Å²) in [5.74, 6) is 1.95. The molecule has 0 radical (unpaired) electrons. The molecular weight excluding hydrogens is 236 g/mol. The van der Waals surface area contributed by atoms with Gasteiger partial charge in [-0.3, -0.25) is 8.42 Å². The highest BCUT2D eigenvalue weighted by atomic mass is 32.2. The van der Waals surface area contributed by atoms with E-state index in [2.05, 4.69) is 0 Å². The van der Waals surface area contributed by atoms with Crippen LogP contribution in [-0.4, -0.2) is 54.9 Å². The summed E-state index contributed by atoms with van der Waals surface area (Å²) in [6.45, 7) is -0.0414. The highest BCUT2D eigenvalue weighted by Crippen LogP contribution is 1.99. The number of rotatable bonds is 10. The Bertz CT molecular complexity index is 177. The Balaban J connectivity index is 3.24. The summed E-state index contributed by atoms with van der Waals surface area (Å²) in [5.41, 5.74) is 0. The SMILES string of the molecule is O=S(CCO)CCCCCS(=O)CCO. The summed E-state index contributed by atoms with van der Waals surface area (Å²) in [5, 5.41) is 17.0. The highest BCUT2D eigenvalue weighted by Gasteiger charge is 2.00. The van der Waals surface area contributed by atoms with Crippen molar-refractivity contribution in [3.63, 3.8) is 0 Å². The molecule has 2 atom stereocenters. The topological polar surface area (TPSA) is 74.6 Å². The molecule has 2 N–H and O–H groups in total. The number of aliphatic hydroxyl groups excluding tert-OH is 2. The van der Waals surface area contributed by atoms with Crippen LogP contribution >= 0.6 is 0 Å². The van der Waals surface area contributed by atoms with Crippen molar-refractivity contribution in [2.45, 2.75) is 19.3 Å². The van der Waals surface area contributed by atoms with Gasteiger partial charge in [0.05, 0.1) is 13.2 Å². The maximum absolute atomic E-state index is 11.1. The summed E-state index contributed by atoms with van der Waals surface area (Å²) in [6.07, 6.45) is 2.61. The minimum absolute atomic E-state index is 0.0207. The third-order valence-electron chi connectivity index (χ3n) is 1.88. The van der Waals surface area contributed by atoms with Crippen molar-refractivity contribution in [2.75, 3.05) is 36.2 Å². The predicted octanol–water partition coefficient (Wildman–Crippen LogP) is -0.361. The van der Waals surface area contributed by atoms with Gasteiger partial charge in [-0.1, -0.05) is 6.42 Å². The first-order chi connectivity index (χ1) is 7.20. The van der Waals surface area contributed by atoms with Crippen molar-refractivity contribution >= 4 is 21.6 Å². The Kier molecular flexibility index (Phi) is 10.9. The van der Waals surface area contributed by atoms with Crippen LogP contribution in [-0.2, 0) is 21.6 Å². The van der Waals surface area contributed by atoms with Gasteiger partial charge in [-0.2, -0.15) is 0 Å². The molecule has 0 heterocycles. The van der Waals surface area contributed by atoms with Crippen molar-refractivity contribution in [2.24, 2.45) is 0 Å². The van der Waals surface area contributed by atoms with Crippen LogP contribution in [0.1, 0.15) is 19.3 Å². The molecule has 4 nitrogen and oxygen atoms in total. The van der Waals surface area contributed by atoms with E-state index in [4.69, 9.17) is 10.2 Å². The highest BCUT2D eigenvalue weighted by molar-refractivity contribution is 7.85. The molecule has 0 aromatic heterocycles. The van der Waals surface area contributed by atoms with Gasteiger partial charge >= 0.3 is 0 Å². The van der Waals surface area contributed by atoms with Gasteiger partial charge in [0.25, 0.3) is 0 Å². The Morgan fingerprint density at radius 1 is 0.667 bits per heavy atom. The molecule has 6 heteroatoms. The van der Waals surface area contributed by atoms with Crippen molar-refractivity contribution in [1.29, 1.82) is 0 Å². The molecule has 0 rings (SSSR count). The lowest BCUT2D eigenvalue weighted by molar-refractivity contribution is 0.321. The molecule has 0 aliphatic carbocycles. The minimum Gasteiger partial charge on any atom is -0.395 e. The molecule has 0 saturated heterocycles. The third kappa shape index (κ3) is 10.5. The molecule has 0 bridgehead atoms. The van der Waals surface area contributed by atoms with Crippen LogP contribution < -0.4 is 0 Å². The molecular formula is C9H20O4S2. The third-order valence-corrected chi connectivity index (χ3v) is 4.65. The summed E-state index contributed by atoms with van der Waals surface area (Å²) >= 11 is 0. The molecule has 0 fully saturated rings. The number of unbranched alkanes of at least 4 members (excludes halogenated alkanes) is 2. The van der Waals surface area contributed by atoms with Crippen LogP contribution in [0.15, 0.2) is 0 Å². The predicted molar refractivity (Wildman–Crippen MR) is 63.8 cm³/mol. The zero-order valence-electron chi connectivity index (χ0n) is 8.89. The number of aliphatic hydroxyl groups is 2. The minimum atomic E-state index is -0.903. The lowest BCUT2D eigenvalue weighted by Gasteiger charge is -2.01. The fourth-order valence-corrected chi connectivity index (χ4v) is 2.98. The first-order valence-electron chi connectivity index (χ1n) is 5.12. The van der Waals surface area contributed by atoms with Crippen molar-refractivity contribution in [3.8, 4) is 0 Å². The van der Waals surface area contributed by atoms with E-state index in [9.17, 15) is 8.42 Å². The van der Waals surface area contributed by atoms with Crippen LogP contribution in [0, 0.1) is 0 Å². The molecule has 0 amide bonds. The normalized spacial score (nSPS) is 15.1. The summed E-state index contributed by atoms with van der Waals surface area (Å²) in [6, 6.07) is 0. The lowest BCUT2D eigenvalue weighted by Crippen LogP contribution is -2.08. The van der Waals surface area contributed by atoms with E-state index in [1.165, 1.54) is 0 Å². The van der Waals surface area contributed by atoms with Gasteiger partial charge in [0.15, 0.2) is 0 Å². The van der Waals surface area contributed by atoms with Crippen LogP contribution in [0.4, 0.5) is 0 Å². The number of hydrogen-bond acceptors (Lipinski definition) is 4. The van der Waals surface area contributed by atoms with E-state index in [-0.39, 0.29) is 13.2 Å². The van der Waals surface area contributed by atoms with Gasteiger partial charge in [0, 0.05) is 44.6 Å². The monoisotopic (exact) mass is 256 g/mol. The maximum atomic E-state index is 11.1. The van der Waals surface area contributed by atoms with Crippen LogP contribution in [0.3, 0.4) is 0 Å². The standard InChI is InChI=1S/C9H20O4S2/c10-4-8-14(12)6-2-1-3-7-15(13)9-5-11/h10-11H,1-9H2. The van der Waals surface area contributed by atoms with Crippen molar-refractivity contribution in [1.82, 2.24) is 0 Å². The second kappa shape index (κ2) is 10.7. The first kappa shape index (κ1) is 15.2. The number of hydrogen-bond donors (Lipinski definition) is 2. The van der Waals surface area contributed by atoms with E-state index < -0.39 is 21.6 Å². The van der Waals surface area contributed by atoms with E-state index in [0.29, 0.717) is 23.0 Å². The summed E-state index contributed by atoms with van der Waals surface area (Å²) in [7, 11) is -1.81. The van der Waals surface area contributed by atoms with E-state index in [1.54, 1.807) is 0 Å². The Morgan fingerprint density at radius 2 is 1.07 bits per heavy atom. The Morgan fingerprint density at radius 3 is 1.40 bits per heavy atom. The lowest BCUT2D eigenvalue weighted by atomic mass is 10.3. The summed E-state index contributed by atoms with van der Waals surface area (Å²) in [4.78, 5) is 0. The zero-order chi connectivity index (χ0) is 11.5. The molecule has 0 aliphatic rings. The maximum Gasteiger partial charge on any atom is 0.0546 e. The molecule has 0 aromatic rings. The molecule has 0 aromatic carbocycles. The second-order valence-electron chi connectivity index (χ2n) is 3.20. The van der Waals surface area contributed by atoms with Gasteiger partial charge in [0.2, 0.25) is 0 Å². The fraction of sp³-hybridized carbons (Fsp3) is 1.00. The smallest absolute Gasteiger partial charge is 0.0546 e. The van der Waals surface area contributed by atoms with E-state index in [0.717, 1.165) is 19.3 Å². The molecule has 0 aliphatic heterocycles. The molecule has 92 valence electrons. The fourth-order valence-electron chi connectivity index (χ4n) is 1.11. The van der Waals surface area contributed by atoms with Gasteiger partial charge in [-0.15, -0.1) is 0 Å². The molecule has 0 saturated carbocycles. The van der Waals surface area contributed by atoms with Gasteiger partial charge in [-0.25, -0.2) is 0 Å².